The Morgan fingerprint density at radius 1 is 1.07 bits per heavy atom. The number of piperidine rings is 1. The van der Waals surface area contributed by atoms with Crippen LogP contribution >= 0.6 is 0 Å². The van der Waals surface area contributed by atoms with E-state index in [0.29, 0.717) is 29.1 Å². The third-order valence-electron chi connectivity index (χ3n) is 10.3. The smallest absolute Gasteiger partial charge is 0.234 e. The Morgan fingerprint density at radius 3 is 2.39 bits per heavy atom. The first-order valence-corrected chi connectivity index (χ1v) is 17.0. The summed E-state index contributed by atoms with van der Waals surface area (Å²) in [6, 6.07) is 6.05. The third kappa shape index (κ3) is 5.18. The predicted molar refractivity (Wildman–Crippen MR) is 162 cm³/mol. The number of nitrogens with one attached hydrogen (secondary N) is 1. The van der Waals surface area contributed by atoms with Gasteiger partial charge in [0, 0.05) is 34.9 Å². The number of benzene rings is 1. The number of hydrogen-bond acceptors (Lipinski definition) is 7. The van der Waals surface area contributed by atoms with E-state index in [-0.39, 0.29) is 22.6 Å². The summed E-state index contributed by atoms with van der Waals surface area (Å²) >= 11 is 0. The van der Waals surface area contributed by atoms with Gasteiger partial charge in [-0.25, -0.2) is 13.4 Å². The molecule has 222 valence electrons. The highest BCUT2D eigenvalue weighted by Gasteiger charge is 2.51. The number of sulfone groups is 1. The van der Waals surface area contributed by atoms with Gasteiger partial charge >= 0.3 is 0 Å². The Kier molecular flexibility index (Phi) is 7.21. The number of nitrogens with zero attached hydrogens (tertiary/aromatic N) is 4. The van der Waals surface area contributed by atoms with Crippen molar-refractivity contribution in [2.75, 3.05) is 23.3 Å². The molecule has 0 radical (unpaired) electrons. The van der Waals surface area contributed by atoms with Gasteiger partial charge in [-0.3, -0.25) is 9.69 Å². The lowest BCUT2D eigenvalue weighted by molar-refractivity contribution is -0.127. The molecule has 0 bridgehead atoms. The summed E-state index contributed by atoms with van der Waals surface area (Å²) in [6.45, 7) is 12.5. The molecule has 8 nitrogen and oxygen atoms in total. The van der Waals surface area contributed by atoms with Crippen LogP contribution in [0.1, 0.15) is 90.2 Å². The molecule has 9 heteroatoms. The quantitative estimate of drug-likeness (QED) is 0.461. The number of carbonyl (C=O) groups excluding carboxylic acids is 1. The van der Waals surface area contributed by atoms with E-state index in [1.54, 1.807) is 12.1 Å². The van der Waals surface area contributed by atoms with Crippen LogP contribution in [0.5, 0.6) is 0 Å². The van der Waals surface area contributed by atoms with E-state index >= 15 is 0 Å². The summed E-state index contributed by atoms with van der Waals surface area (Å²) in [6.07, 6.45) is 10.5. The number of anilines is 3. The normalized spacial score (nSPS) is 23.2. The molecule has 2 aromatic rings. The largest absolute Gasteiger partial charge is 0.324 e. The Labute approximate surface area is 245 Å². The van der Waals surface area contributed by atoms with Crippen molar-refractivity contribution in [1.29, 1.82) is 0 Å². The average molecular weight is 580 g/mol. The number of fused-ring (bicyclic) bond motifs is 1. The minimum absolute atomic E-state index is 0.135. The van der Waals surface area contributed by atoms with Gasteiger partial charge in [0.25, 0.3) is 0 Å². The average Bonchev–Trinajstić information content (AvgIpc) is 3.43. The minimum atomic E-state index is -3.38. The molecule has 3 fully saturated rings. The van der Waals surface area contributed by atoms with Crippen LogP contribution in [0.25, 0.3) is 0 Å². The molecule has 2 aliphatic carbocycles. The van der Waals surface area contributed by atoms with Crippen LogP contribution in [-0.4, -0.2) is 59.6 Å². The molecular weight excluding hydrogens is 534 g/mol. The van der Waals surface area contributed by atoms with Crippen molar-refractivity contribution >= 4 is 33.2 Å². The standard InChI is InChI=1S/C32H45N5O3S/c1-21(2)36-14-12-32(13-15-36)18-26(19-32)41(39,40)25-10-11-27(22(3)16-25)34-30-33-20-23-17-31(4,5)29(38)37(28(23)35-30)24-8-6-7-9-24/h10-11,16,20-21,24,26H,6-9,12-15,17-19H2,1-5H3,(H,33,34,35). The SMILES string of the molecule is Cc1cc(S(=O)(=O)C2CC3(CCN(C(C)C)CC3)C2)ccc1Nc1ncc2c(n1)N(C1CCCC1)C(=O)C(C)(C)C2. The van der Waals surface area contributed by atoms with Crippen LogP contribution in [0.15, 0.2) is 29.3 Å². The Bertz CT molecular complexity index is 1430. The molecule has 1 amide bonds. The summed E-state index contributed by atoms with van der Waals surface area (Å²) in [5, 5.41) is 3.01. The number of rotatable bonds is 6. The lowest BCUT2D eigenvalue weighted by atomic mass is 9.63. The molecule has 2 aliphatic heterocycles. The summed E-state index contributed by atoms with van der Waals surface area (Å²) in [5.41, 5.74) is 2.32. The van der Waals surface area contributed by atoms with Gasteiger partial charge in [-0.1, -0.05) is 26.7 Å². The van der Waals surface area contributed by atoms with E-state index in [1.165, 1.54) is 0 Å². The molecule has 0 atom stereocenters. The molecular formula is C32H45N5O3S. The maximum Gasteiger partial charge on any atom is 0.234 e. The van der Waals surface area contributed by atoms with Gasteiger partial charge in [0.05, 0.1) is 10.1 Å². The summed E-state index contributed by atoms with van der Waals surface area (Å²) in [7, 11) is -3.38. The first-order chi connectivity index (χ1) is 19.4. The lowest BCUT2D eigenvalue weighted by Gasteiger charge is -2.52. The summed E-state index contributed by atoms with van der Waals surface area (Å²) in [5.74, 6) is 1.27. The first kappa shape index (κ1) is 28.6. The van der Waals surface area contributed by atoms with Gasteiger partial charge in [0.1, 0.15) is 5.82 Å². The fourth-order valence-electron chi connectivity index (χ4n) is 7.58. The fraction of sp³-hybridized carbons (Fsp3) is 0.656. The monoisotopic (exact) mass is 579 g/mol. The maximum absolute atomic E-state index is 13.5. The minimum Gasteiger partial charge on any atom is -0.324 e. The fourth-order valence-corrected chi connectivity index (χ4v) is 9.71. The first-order valence-electron chi connectivity index (χ1n) is 15.4. The van der Waals surface area contributed by atoms with Crippen LogP contribution < -0.4 is 10.2 Å². The van der Waals surface area contributed by atoms with Crippen molar-refractivity contribution in [3.05, 3.63) is 35.5 Å². The van der Waals surface area contributed by atoms with Gasteiger partial charge in [0.2, 0.25) is 11.9 Å². The van der Waals surface area contributed by atoms with Crippen molar-refractivity contribution in [2.24, 2.45) is 10.8 Å². The molecule has 1 aromatic heterocycles. The Morgan fingerprint density at radius 2 is 1.76 bits per heavy atom. The predicted octanol–water partition coefficient (Wildman–Crippen LogP) is 5.81. The molecule has 4 aliphatic rings. The van der Waals surface area contributed by atoms with Crippen LogP contribution in [0.2, 0.25) is 0 Å². The second kappa shape index (κ2) is 10.3. The number of aromatic nitrogens is 2. The second-order valence-electron chi connectivity index (χ2n) is 14.0. The van der Waals surface area contributed by atoms with Gasteiger partial charge in [0.15, 0.2) is 9.84 Å². The zero-order valence-electron chi connectivity index (χ0n) is 25.2. The number of likely N-dealkylation sites (tertiary alicyclic amines) is 1. The van der Waals surface area contributed by atoms with E-state index in [4.69, 9.17) is 4.98 Å². The van der Waals surface area contributed by atoms with Gasteiger partial charge in [-0.15, -0.1) is 0 Å². The van der Waals surface area contributed by atoms with Crippen LogP contribution in [0, 0.1) is 17.8 Å². The summed E-state index contributed by atoms with van der Waals surface area (Å²) in [4.78, 5) is 27.7. The highest BCUT2D eigenvalue weighted by molar-refractivity contribution is 7.92. The van der Waals surface area contributed by atoms with Crippen molar-refractivity contribution in [1.82, 2.24) is 14.9 Å². The molecule has 1 aromatic carbocycles. The van der Waals surface area contributed by atoms with Gasteiger partial charge < -0.3 is 10.2 Å². The zero-order chi connectivity index (χ0) is 29.2. The summed E-state index contributed by atoms with van der Waals surface area (Å²) < 4.78 is 27.1. The van der Waals surface area contributed by atoms with Crippen LogP contribution in [-0.2, 0) is 21.1 Å². The maximum atomic E-state index is 13.5. The van der Waals surface area contributed by atoms with E-state index in [0.717, 1.165) is 81.3 Å². The molecule has 41 heavy (non-hydrogen) atoms. The molecule has 2 saturated carbocycles. The number of amides is 1. The Hall–Kier alpha value is -2.52. The topological polar surface area (TPSA) is 95.5 Å². The van der Waals surface area contributed by atoms with Gasteiger partial charge in [-0.2, -0.15) is 4.98 Å². The number of carbonyl (C=O) groups is 1. The zero-order valence-corrected chi connectivity index (χ0v) is 26.1. The van der Waals surface area contributed by atoms with Gasteiger partial charge in [-0.05, 0) is 108 Å². The Balaban J connectivity index is 1.17. The van der Waals surface area contributed by atoms with Crippen molar-refractivity contribution in [3.63, 3.8) is 0 Å². The van der Waals surface area contributed by atoms with E-state index in [2.05, 4.69) is 29.0 Å². The van der Waals surface area contributed by atoms with Crippen molar-refractivity contribution in [3.8, 4) is 0 Å². The third-order valence-corrected chi connectivity index (χ3v) is 12.4. The molecule has 1 spiro atoms. The molecule has 6 rings (SSSR count). The number of hydrogen-bond donors (Lipinski definition) is 1. The number of aryl methyl sites for hydroxylation is 1. The molecule has 3 heterocycles. The van der Waals surface area contributed by atoms with Crippen molar-refractivity contribution in [2.45, 2.75) is 115 Å². The second-order valence-corrected chi connectivity index (χ2v) is 16.3. The van der Waals surface area contributed by atoms with Crippen LogP contribution in [0.3, 0.4) is 0 Å². The molecule has 0 unspecified atom stereocenters. The van der Waals surface area contributed by atoms with Crippen LogP contribution in [0.4, 0.5) is 17.5 Å². The lowest BCUT2D eigenvalue weighted by Crippen LogP contribution is -2.52. The molecule has 1 saturated heterocycles. The highest BCUT2D eigenvalue weighted by atomic mass is 32.2. The van der Waals surface area contributed by atoms with Crippen molar-refractivity contribution < 1.29 is 13.2 Å². The van der Waals surface area contributed by atoms with E-state index < -0.39 is 15.3 Å². The molecule has 1 N–H and O–H groups in total. The highest BCUT2D eigenvalue weighted by Crippen LogP contribution is 2.53. The van der Waals surface area contributed by atoms with E-state index in [1.807, 2.05) is 37.9 Å². The van der Waals surface area contributed by atoms with E-state index in [9.17, 15) is 13.2 Å².